The molecule has 0 N–H and O–H groups in total. The molecule has 118 valence electrons. The number of aryl methyl sites for hydroxylation is 1. The first-order chi connectivity index (χ1) is 10.9. The molecule has 0 bridgehead atoms. The number of thiazole rings is 1. The molecule has 2 aliphatic rings. The highest BCUT2D eigenvalue weighted by atomic mass is 32.1. The molecule has 0 aliphatic carbocycles. The molecule has 0 unspecified atom stereocenters. The van der Waals surface area contributed by atoms with Gasteiger partial charge in [0.15, 0.2) is 0 Å². The van der Waals surface area contributed by atoms with Gasteiger partial charge in [0.05, 0.1) is 11.2 Å². The number of fused-ring (bicyclic) bond motifs is 1. The van der Waals surface area contributed by atoms with E-state index in [0.29, 0.717) is 5.92 Å². The summed E-state index contributed by atoms with van der Waals surface area (Å²) in [7, 11) is 0. The molecule has 2 aromatic rings. The monoisotopic (exact) mass is 317 g/mol. The standard InChI is InChI=1S/C16H23N5S/c1-2-6-15-18-19-16(21(15)8-3-1)13-5-4-7-20(9-13)10-14-11-22-12-17-14/h11-13H,1-10H2/t13-/m0/s1. The number of rotatable bonds is 3. The number of nitrogens with zero attached hydrogens (tertiary/aromatic N) is 5. The fourth-order valence-electron chi connectivity index (χ4n) is 3.76. The first kappa shape index (κ1) is 14.3. The summed E-state index contributed by atoms with van der Waals surface area (Å²) in [6, 6.07) is 0. The molecule has 2 aliphatic heterocycles. The molecule has 6 heteroatoms. The van der Waals surface area contributed by atoms with Gasteiger partial charge in [0.1, 0.15) is 11.6 Å². The summed E-state index contributed by atoms with van der Waals surface area (Å²) in [6.45, 7) is 4.35. The van der Waals surface area contributed by atoms with E-state index in [-0.39, 0.29) is 0 Å². The predicted octanol–water partition coefficient (Wildman–Crippen LogP) is 2.84. The Labute approximate surface area is 135 Å². The van der Waals surface area contributed by atoms with Crippen LogP contribution in [0.4, 0.5) is 0 Å². The fraction of sp³-hybridized carbons (Fsp3) is 0.688. The first-order valence-electron chi connectivity index (χ1n) is 8.41. The van der Waals surface area contributed by atoms with Crippen molar-refractivity contribution in [2.24, 2.45) is 0 Å². The van der Waals surface area contributed by atoms with Gasteiger partial charge in [-0.25, -0.2) is 4.98 Å². The Morgan fingerprint density at radius 2 is 2.14 bits per heavy atom. The second-order valence-electron chi connectivity index (χ2n) is 6.49. The minimum absolute atomic E-state index is 0.534. The van der Waals surface area contributed by atoms with E-state index in [9.17, 15) is 0 Å². The number of hydrogen-bond acceptors (Lipinski definition) is 5. The van der Waals surface area contributed by atoms with Crippen LogP contribution in [0.1, 0.15) is 55.4 Å². The highest BCUT2D eigenvalue weighted by Crippen LogP contribution is 2.28. The third-order valence-electron chi connectivity index (χ3n) is 4.88. The molecule has 0 saturated carbocycles. The van der Waals surface area contributed by atoms with Crippen molar-refractivity contribution < 1.29 is 0 Å². The number of likely N-dealkylation sites (tertiary alicyclic amines) is 1. The van der Waals surface area contributed by atoms with E-state index in [0.717, 1.165) is 26.1 Å². The zero-order chi connectivity index (χ0) is 14.8. The van der Waals surface area contributed by atoms with Crippen molar-refractivity contribution in [2.45, 2.75) is 57.5 Å². The van der Waals surface area contributed by atoms with Crippen molar-refractivity contribution in [1.82, 2.24) is 24.6 Å². The Hall–Kier alpha value is -1.27. The van der Waals surface area contributed by atoms with E-state index in [1.54, 1.807) is 11.3 Å². The summed E-state index contributed by atoms with van der Waals surface area (Å²) in [5, 5.41) is 11.2. The van der Waals surface area contributed by atoms with Gasteiger partial charge in [0, 0.05) is 37.4 Å². The molecular formula is C16H23N5S. The molecular weight excluding hydrogens is 294 g/mol. The Balaban J connectivity index is 1.49. The SMILES string of the molecule is c1nc(CN2CCC[C@H](c3nnc4n3CCCCC4)C2)cs1. The van der Waals surface area contributed by atoms with Crippen LogP contribution in [0.25, 0.3) is 0 Å². The molecule has 1 atom stereocenters. The van der Waals surface area contributed by atoms with Crippen molar-refractivity contribution in [3.05, 3.63) is 28.2 Å². The van der Waals surface area contributed by atoms with Crippen LogP contribution in [0.15, 0.2) is 10.9 Å². The van der Waals surface area contributed by atoms with Gasteiger partial charge in [-0.15, -0.1) is 21.5 Å². The lowest BCUT2D eigenvalue weighted by atomic mass is 9.97. The van der Waals surface area contributed by atoms with Gasteiger partial charge >= 0.3 is 0 Å². The molecule has 1 saturated heterocycles. The lowest BCUT2D eigenvalue weighted by Crippen LogP contribution is -2.35. The molecule has 4 heterocycles. The van der Waals surface area contributed by atoms with Crippen LogP contribution in [-0.4, -0.2) is 37.7 Å². The van der Waals surface area contributed by atoms with E-state index in [2.05, 4.69) is 30.0 Å². The molecule has 5 nitrogen and oxygen atoms in total. The summed E-state index contributed by atoms with van der Waals surface area (Å²) in [4.78, 5) is 6.95. The normalized spacial score (nSPS) is 23.2. The largest absolute Gasteiger partial charge is 0.315 e. The highest BCUT2D eigenvalue weighted by Gasteiger charge is 2.27. The minimum Gasteiger partial charge on any atom is -0.315 e. The zero-order valence-corrected chi connectivity index (χ0v) is 13.8. The molecule has 2 aromatic heterocycles. The van der Waals surface area contributed by atoms with Gasteiger partial charge in [-0.05, 0) is 32.2 Å². The van der Waals surface area contributed by atoms with Crippen molar-refractivity contribution in [3.8, 4) is 0 Å². The van der Waals surface area contributed by atoms with Gasteiger partial charge in [-0.3, -0.25) is 4.90 Å². The molecule has 0 amide bonds. The third kappa shape index (κ3) is 2.94. The van der Waals surface area contributed by atoms with E-state index in [1.807, 2.05) is 5.51 Å². The minimum atomic E-state index is 0.534. The van der Waals surface area contributed by atoms with Crippen molar-refractivity contribution in [3.63, 3.8) is 0 Å². The average Bonchev–Trinajstić information content (AvgIpc) is 3.13. The molecule has 0 radical (unpaired) electrons. The lowest BCUT2D eigenvalue weighted by Gasteiger charge is -2.31. The number of hydrogen-bond donors (Lipinski definition) is 0. The van der Waals surface area contributed by atoms with Gasteiger partial charge in [0.25, 0.3) is 0 Å². The second-order valence-corrected chi connectivity index (χ2v) is 7.21. The van der Waals surface area contributed by atoms with Crippen LogP contribution in [-0.2, 0) is 19.5 Å². The fourth-order valence-corrected chi connectivity index (χ4v) is 4.31. The summed E-state index contributed by atoms with van der Waals surface area (Å²) in [5.41, 5.74) is 3.13. The molecule has 22 heavy (non-hydrogen) atoms. The van der Waals surface area contributed by atoms with Crippen molar-refractivity contribution in [2.75, 3.05) is 13.1 Å². The smallest absolute Gasteiger partial charge is 0.137 e. The third-order valence-corrected chi connectivity index (χ3v) is 5.51. The summed E-state index contributed by atoms with van der Waals surface area (Å²) >= 11 is 1.68. The molecule has 0 spiro atoms. The average molecular weight is 317 g/mol. The Bertz CT molecular complexity index is 606. The van der Waals surface area contributed by atoms with Gasteiger partial charge in [-0.1, -0.05) is 6.42 Å². The second kappa shape index (κ2) is 6.46. The van der Waals surface area contributed by atoms with Gasteiger partial charge in [0.2, 0.25) is 0 Å². The van der Waals surface area contributed by atoms with Crippen molar-refractivity contribution >= 4 is 11.3 Å². The maximum atomic E-state index is 4.57. The van der Waals surface area contributed by atoms with E-state index in [4.69, 9.17) is 0 Å². The van der Waals surface area contributed by atoms with E-state index >= 15 is 0 Å². The van der Waals surface area contributed by atoms with E-state index in [1.165, 1.54) is 56.0 Å². The summed E-state index contributed by atoms with van der Waals surface area (Å²) in [6.07, 6.45) is 7.44. The predicted molar refractivity (Wildman–Crippen MR) is 86.9 cm³/mol. The summed E-state index contributed by atoms with van der Waals surface area (Å²) < 4.78 is 2.42. The molecule has 0 aromatic carbocycles. The Morgan fingerprint density at radius 1 is 1.14 bits per heavy atom. The van der Waals surface area contributed by atoms with Crippen LogP contribution in [0, 0.1) is 0 Å². The first-order valence-corrected chi connectivity index (χ1v) is 9.36. The van der Waals surface area contributed by atoms with Gasteiger partial charge in [-0.2, -0.15) is 0 Å². The Morgan fingerprint density at radius 3 is 3.05 bits per heavy atom. The van der Waals surface area contributed by atoms with E-state index < -0.39 is 0 Å². The van der Waals surface area contributed by atoms with Gasteiger partial charge < -0.3 is 4.57 Å². The maximum Gasteiger partial charge on any atom is 0.137 e. The maximum absolute atomic E-state index is 4.57. The quantitative estimate of drug-likeness (QED) is 0.873. The van der Waals surface area contributed by atoms with Crippen LogP contribution in [0.3, 0.4) is 0 Å². The lowest BCUT2D eigenvalue weighted by molar-refractivity contribution is 0.192. The topological polar surface area (TPSA) is 46.8 Å². The summed E-state index contributed by atoms with van der Waals surface area (Å²) in [5.74, 6) is 2.98. The number of piperidine rings is 1. The van der Waals surface area contributed by atoms with Crippen LogP contribution < -0.4 is 0 Å². The number of aromatic nitrogens is 4. The van der Waals surface area contributed by atoms with Crippen molar-refractivity contribution in [1.29, 1.82) is 0 Å². The highest BCUT2D eigenvalue weighted by molar-refractivity contribution is 7.07. The molecule has 4 rings (SSSR count). The zero-order valence-electron chi connectivity index (χ0n) is 12.9. The Kier molecular flexibility index (Phi) is 4.21. The van der Waals surface area contributed by atoms with Crippen LogP contribution in [0.5, 0.6) is 0 Å². The molecule has 1 fully saturated rings. The van der Waals surface area contributed by atoms with Crippen LogP contribution >= 0.6 is 11.3 Å². The van der Waals surface area contributed by atoms with Crippen LogP contribution in [0.2, 0.25) is 0 Å².